The van der Waals surface area contributed by atoms with Crippen LogP contribution in [0.1, 0.15) is 50.7 Å². The lowest BCUT2D eigenvalue weighted by Gasteiger charge is -2.12. The van der Waals surface area contributed by atoms with Crippen LogP contribution in [0.25, 0.3) is 0 Å². The molecule has 0 aromatic carbocycles. The second kappa shape index (κ2) is 6.71. The van der Waals surface area contributed by atoms with Gasteiger partial charge in [-0.15, -0.1) is 0 Å². The summed E-state index contributed by atoms with van der Waals surface area (Å²) >= 11 is 0. The van der Waals surface area contributed by atoms with Crippen LogP contribution < -0.4 is 5.32 Å². The first kappa shape index (κ1) is 13.3. The van der Waals surface area contributed by atoms with E-state index in [4.69, 9.17) is 4.42 Å². The summed E-state index contributed by atoms with van der Waals surface area (Å²) < 4.78 is 5.53. The Balaban J connectivity index is 2.18. The minimum atomic E-state index is -0.150. The van der Waals surface area contributed by atoms with Crippen LogP contribution in [0.2, 0.25) is 0 Å². The molecule has 3 nitrogen and oxygen atoms in total. The van der Waals surface area contributed by atoms with Crippen molar-refractivity contribution < 1.29 is 9.52 Å². The van der Waals surface area contributed by atoms with Crippen molar-refractivity contribution >= 4 is 0 Å². The monoisotopic (exact) mass is 225 g/mol. The SMILES string of the molecule is CCC(O)CCCNC(C)c1ccc(C)o1. The van der Waals surface area contributed by atoms with Crippen molar-refractivity contribution in [1.82, 2.24) is 5.32 Å². The third kappa shape index (κ3) is 4.37. The second-order valence-corrected chi connectivity index (χ2v) is 4.33. The predicted octanol–water partition coefficient (Wildman–Crippen LogP) is 2.79. The van der Waals surface area contributed by atoms with E-state index < -0.39 is 0 Å². The van der Waals surface area contributed by atoms with Crippen molar-refractivity contribution in [3.05, 3.63) is 23.7 Å². The van der Waals surface area contributed by atoms with Crippen molar-refractivity contribution in [2.24, 2.45) is 0 Å². The van der Waals surface area contributed by atoms with Gasteiger partial charge in [-0.1, -0.05) is 6.92 Å². The zero-order chi connectivity index (χ0) is 12.0. The van der Waals surface area contributed by atoms with Crippen LogP contribution in [0.3, 0.4) is 0 Å². The van der Waals surface area contributed by atoms with Crippen LogP contribution in [0.5, 0.6) is 0 Å². The molecule has 3 heteroatoms. The van der Waals surface area contributed by atoms with Gasteiger partial charge in [0.05, 0.1) is 12.1 Å². The number of aliphatic hydroxyl groups is 1. The normalized spacial score (nSPS) is 15.0. The van der Waals surface area contributed by atoms with Crippen molar-refractivity contribution in [3.8, 4) is 0 Å². The third-order valence-corrected chi connectivity index (χ3v) is 2.82. The summed E-state index contributed by atoms with van der Waals surface area (Å²) in [5, 5.41) is 12.8. The Labute approximate surface area is 97.9 Å². The van der Waals surface area contributed by atoms with Gasteiger partial charge in [0.25, 0.3) is 0 Å². The highest BCUT2D eigenvalue weighted by molar-refractivity contribution is 5.08. The van der Waals surface area contributed by atoms with Crippen LogP contribution in [0, 0.1) is 6.92 Å². The van der Waals surface area contributed by atoms with Gasteiger partial charge in [-0.2, -0.15) is 0 Å². The molecule has 0 fully saturated rings. The number of rotatable bonds is 7. The number of hydrogen-bond donors (Lipinski definition) is 2. The number of furan rings is 1. The molecule has 0 aliphatic heterocycles. The van der Waals surface area contributed by atoms with E-state index in [1.54, 1.807) is 0 Å². The van der Waals surface area contributed by atoms with E-state index in [9.17, 15) is 5.11 Å². The maximum absolute atomic E-state index is 9.40. The van der Waals surface area contributed by atoms with Crippen molar-refractivity contribution in [2.45, 2.75) is 52.2 Å². The highest BCUT2D eigenvalue weighted by atomic mass is 16.3. The molecule has 1 heterocycles. The number of hydrogen-bond acceptors (Lipinski definition) is 3. The van der Waals surface area contributed by atoms with Gasteiger partial charge in [-0.25, -0.2) is 0 Å². The second-order valence-electron chi connectivity index (χ2n) is 4.33. The summed E-state index contributed by atoms with van der Waals surface area (Å²) in [6, 6.07) is 4.23. The van der Waals surface area contributed by atoms with Gasteiger partial charge < -0.3 is 14.8 Å². The maximum atomic E-state index is 9.40. The smallest absolute Gasteiger partial charge is 0.120 e. The molecule has 0 spiro atoms. The maximum Gasteiger partial charge on any atom is 0.120 e. The van der Waals surface area contributed by atoms with Gasteiger partial charge in [-0.05, 0) is 51.8 Å². The molecule has 0 radical (unpaired) electrons. The molecule has 0 saturated carbocycles. The standard InChI is InChI=1S/C13H23NO2/c1-4-12(15)6-5-9-14-11(3)13-8-7-10(2)16-13/h7-8,11-12,14-15H,4-6,9H2,1-3H3. The molecule has 1 aromatic rings. The van der Waals surface area contributed by atoms with Crippen LogP contribution in [0.4, 0.5) is 0 Å². The topological polar surface area (TPSA) is 45.4 Å². The van der Waals surface area contributed by atoms with E-state index >= 15 is 0 Å². The van der Waals surface area contributed by atoms with Gasteiger partial charge in [0, 0.05) is 0 Å². The number of nitrogens with one attached hydrogen (secondary N) is 1. The minimum Gasteiger partial charge on any atom is -0.465 e. The summed E-state index contributed by atoms with van der Waals surface area (Å²) in [4.78, 5) is 0. The Morgan fingerprint density at radius 1 is 1.44 bits per heavy atom. The first-order valence-corrected chi connectivity index (χ1v) is 6.11. The van der Waals surface area contributed by atoms with E-state index in [1.807, 2.05) is 26.0 Å². The lowest BCUT2D eigenvalue weighted by molar-refractivity contribution is 0.157. The molecular formula is C13H23NO2. The summed E-state index contributed by atoms with van der Waals surface area (Å²) in [6.07, 6.45) is 2.56. The van der Waals surface area contributed by atoms with Crippen molar-refractivity contribution in [1.29, 1.82) is 0 Å². The lowest BCUT2D eigenvalue weighted by atomic mass is 10.1. The lowest BCUT2D eigenvalue weighted by Crippen LogP contribution is -2.20. The Morgan fingerprint density at radius 2 is 2.19 bits per heavy atom. The molecule has 2 N–H and O–H groups in total. The Bertz CT molecular complexity index is 296. The van der Waals surface area contributed by atoms with E-state index in [-0.39, 0.29) is 12.1 Å². The molecule has 92 valence electrons. The molecule has 2 atom stereocenters. The average molecular weight is 225 g/mol. The fourth-order valence-electron chi connectivity index (χ4n) is 1.65. The zero-order valence-electron chi connectivity index (χ0n) is 10.5. The van der Waals surface area contributed by atoms with E-state index in [2.05, 4.69) is 12.2 Å². The quantitative estimate of drug-likeness (QED) is 0.701. The van der Waals surface area contributed by atoms with Gasteiger partial charge in [0.2, 0.25) is 0 Å². The molecule has 0 aliphatic carbocycles. The summed E-state index contributed by atoms with van der Waals surface area (Å²) in [6.45, 7) is 6.96. The third-order valence-electron chi connectivity index (χ3n) is 2.82. The largest absolute Gasteiger partial charge is 0.465 e. The molecule has 1 aromatic heterocycles. The summed E-state index contributed by atoms with van der Waals surface area (Å²) in [7, 11) is 0. The molecule has 1 rings (SSSR count). The van der Waals surface area contributed by atoms with E-state index in [0.29, 0.717) is 0 Å². The fraction of sp³-hybridized carbons (Fsp3) is 0.692. The average Bonchev–Trinajstić information content (AvgIpc) is 2.70. The van der Waals surface area contributed by atoms with Gasteiger partial charge in [-0.3, -0.25) is 0 Å². The van der Waals surface area contributed by atoms with E-state index in [0.717, 1.165) is 37.3 Å². The predicted molar refractivity (Wildman–Crippen MR) is 65.4 cm³/mol. The number of aryl methyl sites for hydroxylation is 1. The Kier molecular flexibility index (Phi) is 5.56. The van der Waals surface area contributed by atoms with Crippen molar-refractivity contribution in [3.63, 3.8) is 0 Å². The Hall–Kier alpha value is -0.800. The first-order valence-electron chi connectivity index (χ1n) is 6.11. The first-order chi connectivity index (χ1) is 7.63. The summed E-state index contributed by atoms with van der Waals surface area (Å²) in [5.41, 5.74) is 0. The molecule has 0 aliphatic rings. The van der Waals surface area contributed by atoms with Gasteiger partial charge in [0.1, 0.15) is 11.5 Å². The summed E-state index contributed by atoms with van der Waals surface area (Å²) in [5.74, 6) is 1.93. The molecule has 0 amide bonds. The number of aliphatic hydroxyl groups excluding tert-OH is 1. The van der Waals surface area contributed by atoms with Crippen molar-refractivity contribution in [2.75, 3.05) is 6.54 Å². The molecule has 0 bridgehead atoms. The molecule has 2 unspecified atom stereocenters. The van der Waals surface area contributed by atoms with Crippen LogP contribution in [0.15, 0.2) is 16.5 Å². The molecule has 16 heavy (non-hydrogen) atoms. The minimum absolute atomic E-state index is 0.150. The highest BCUT2D eigenvalue weighted by Gasteiger charge is 2.08. The highest BCUT2D eigenvalue weighted by Crippen LogP contribution is 2.15. The van der Waals surface area contributed by atoms with Crippen LogP contribution >= 0.6 is 0 Å². The Morgan fingerprint density at radius 3 is 2.75 bits per heavy atom. The van der Waals surface area contributed by atoms with Crippen LogP contribution in [-0.2, 0) is 0 Å². The zero-order valence-corrected chi connectivity index (χ0v) is 10.5. The van der Waals surface area contributed by atoms with Crippen LogP contribution in [-0.4, -0.2) is 17.8 Å². The molecule has 0 saturated heterocycles. The van der Waals surface area contributed by atoms with E-state index in [1.165, 1.54) is 0 Å². The fourth-order valence-corrected chi connectivity index (χ4v) is 1.65. The van der Waals surface area contributed by atoms with Gasteiger partial charge in [0.15, 0.2) is 0 Å². The molecular weight excluding hydrogens is 202 g/mol. The van der Waals surface area contributed by atoms with Gasteiger partial charge >= 0.3 is 0 Å².